The van der Waals surface area contributed by atoms with Crippen LogP contribution in [0.1, 0.15) is 68.2 Å². The molecule has 0 radical (unpaired) electrons. The van der Waals surface area contributed by atoms with Gasteiger partial charge in [0.1, 0.15) is 0 Å². The van der Waals surface area contributed by atoms with Crippen LogP contribution in [0, 0.1) is 29.1 Å². The molecule has 0 aliphatic heterocycles. The molecule has 0 aromatic carbocycles. The lowest BCUT2D eigenvalue weighted by atomic mass is 9.83. The molecular weight excluding hydrogens is 364 g/mol. The summed E-state index contributed by atoms with van der Waals surface area (Å²) in [5.41, 5.74) is -0.170. The van der Waals surface area contributed by atoms with E-state index in [2.05, 4.69) is 91.4 Å². The number of hydrogen-bond donors (Lipinski definition) is 0. The molecule has 27 heavy (non-hydrogen) atoms. The van der Waals surface area contributed by atoms with Gasteiger partial charge < -0.3 is 8.85 Å². The molecule has 0 atom stereocenters. The molecule has 0 aliphatic rings. The van der Waals surface area contributed by atoms with Crippen LogP contribution in [0.5, 0.6) is 0 Å². The molecule has 156 valence electrons. The third kappa shape index (κ3) is 8.16. The summed E-state index contributed by atoms with van der Waals surface area (Å²) in [6.07, 6.45) is 1.53. The summed E-state index contributed by atoms with van der Waals surface area (Å²) in [4.78, 5) is 0. The van der Waals surface area contributed by atoms with E-state index in [0.717, 1.165) is 12.8 Å². The van der Waals surface area contributed by atoms with Gasteiger partial charge in [-0.05, 0) is 50.1 Å². The molecule has 0 saturated heterocycles. The second-order valence-electron chi connectivity index (χ2n) is 10.8. The van der Waals surface area contributed by atoms with Crippen LogP contribution in [0.15, 0.2) is 0 Å². The van der Waals surface area contributed by atoms with E-state index in [1.165, 1.54) is 0 Å². The second kappa shape index (κ2) is 9.79. The Morgan fingerprint density at radius 2 is 0.926 bits per heavy atom. The largest absolute Gasteiger partial charge is 0.416 e. The van der Waals surface area contributed by atoms with E-state index in [-0.39, 0.29) is 15.5 Å². The van der Waals surface area contributed by atoms with E-state index in [1.807, 2.05) is 13.8 Å². The van der Waals surface area contributed by atoms with Gasteiger partial charge in [-0.25, -0.2) is 0 Å². The summed E-state index contributed by atoms with van der Waals surface area (Å²) in [5.74, 6) is 12.7. The summed E-state index contributed by atoms with van der Waals surface area (Å²) in [7, 11) is -3.69. The molecule has 4 heteroatoms. The smallest absolute Gasteiger partial charge is 0.192 e. The van der Waals surface area contributed by atoms with E-state index >= 15 is 0 Å². The molecule has 0 aromatic heterocycles. The summed E-state index contributed by atoms with van der Waals surface area (Å²) in [5, 5.41) is 0.373. The Hall–Kier alpha value is -0.526. The monoisotopic (exact) mass is 408 g/mol. The van der Waals surface area contributed by atoms with Crippen LogP contribution in [0.3, 0.4) is 0 Å². The van der Waals surface area contributed by atoms with E-state index < -0.39 is 16.6 Å². The van der Waals surface area contributed by atoms with Gasteiger partial charge in [0.05, 0.1) is 0 Å². The van der Waals surface area contributed by atoms with Crippen LogP contribution < -0.4 is 0 Å². The minimum atomic E-state index is -1.85. The molecule has 0 spiro atoms. The molecule has 0 bridgehead atoms. The van der Waals surface area contributed by atoms with Crippen LogP contribution in [0.2, 0.25) is 36.3 Å². The van der Waals surface area contributed by atoms with Crippen LogP contribution in [0.25, 0.3) is 0 Å². The van der Waals surface area contributed by atoms with Gasteiger partial charge in [0, 0.05) is 31.5 Å². The van der Waals surface area contributed by atoms with Gasteiger partial charge in [0.2, 0.25) is 0 Å². The molecule has 0 fully saturated rings. The second-order valence-corrected chi connectivity index (χ2v) is 20.4. The fraction of sp³-hybridized carbons (Fsp3) is 0.826. The predicted octanol–water partition coefficient (Wildman–Crippen LogP) is 6.84. The Morgan fingerprint density at radius 1 is 0.630 bits per heavy atom. The van der Waals surface area contributed by atoms with Gasteiger partial charge in [-0.15, -0.1) is 23.7 Å². The van der Waals surface area contributed by atoms with E-state index in [0.29, 0.717) is 13.2 Å². The Labute approximate surface area is 172 Å². The van der Waals surface area contributed by atoms with Crippen molar-refractivity contribution in [3.63, 3.8) is 0 Å². The van der Waals surface area contributed by atoms with Crippen molar-refractivity contribution in [2.24, 2.45) is 5.41 Å². The van der Waals surface area contributed by atoms with Gasteiger partial charge in [0.25, 0.3) is 0 Å². The van der Waals surface area contributed by atoms with E-state index in [4.69, 9.17) is 8.85 Å². The third-order valence-corrected chi connectivity index (χ3v) is 15.3. The van der Waals surface area contributed by atoms with Crippen molar-refractivity contribution in [2.75, 3.05) is 13.2 Å². The highest BCUT2D eigenvalue weighted by Crippen LogP contribution is 2.41. The lowest BCUT2D eigenvalue weighted by Gasteiger charge is -2.43. The molecule has 0 amide bonds. The van der Waals surface area contributed by atoms with Gasteiger partial charge in [0.15, 0.2) is 16.6 Å². The van der Waals surface area contributed by atoms with Crippen molar-refractivity contribution in [1.29, 1.82) is 0 Å². The third-order valence-electron chi connectivity index (χ3n) is 6.37. The highest BCUT2D eigenvalue weighted by molar-refractivity contribution is 6.74. The van der Waals surface area contributed by atoms with Crippen LogP contribution in [-0.4, -0.2) is 29.8 Å². The minimum absolute atomic E-state index is 0.170. The van der Waals surface area contributed by atoms with Gasteiger partial charge in [-0.2, -0.15) is 0 Å². The maximum absolute atomic E-state index is 6.64. The summed E-state index contributed by atoms with van der Waals surface area (Å²) >= 11 is 0. The zero-order valence-electron chi connectivity index (χ0n) is 20.1. The topological polar surface area (TPSA) is 18.5 Å². The molecular formula is C23H44O2Si2. The molecule has 0 aromatic rings. The van der Waals surface area contributed by atoms with Crippen molar-refractivity contribution in [3.05, 3.63) is 0 Å². The average molecular weight is 409 g/mol. The Morgan fingerprint density at radius 3 is 1.15 bits per heavy atom. The molecule has 0 N–H and O–H groups in total. The van der Waals surface area contributed by atoms with Crippen molar-refractivity contribution < 1.29 is 8.85 Å². The highest BCUT2D eigenvalue weighted by atomic mass is 28.4. The molecule has 0 aliphatic carbocycles. The summed E-state index contributed by atoms with van der Waals surface area (Å²) in [6.45, 7) is 28.1. The fourth-order valence-corrected chi connectivity index (χ4v) is 4.16. The Bertz CT molecular complexity index is 530. The van der Waals surface area contributed by atoms with Crippen molar-refractivity contribution in [2.45, 2.75) is 104 Å². The van der Waals surface area contributed by atoms with E-state index in [9.17, 15) is 0 Å². The van der Waals surface area contributed by atoms with Crippen LogP contribution >= 0.6 is 0 Å². The Balaban J connectivity index is 5.68. The fourth-order valence-electron chi connectivity index (χ4n) is 1.96. The molecule has 0 unspecified atom stereocenters. The zero-order chi connectivity index (χ0) is 21.6. The first kappa shape index (κ1) is 26.5. The maximum Gasteiger partial charge on any atom is 0.192 e. The number of rotatable bonds is 8. The van der Waals surface area contributed by atoms with Gasteiger partial charge >= 0.3 is 0 Å². The normalized spacial score (nSPS) is 13.5. The average Bonchev–Trinajstić information content (AvgIpc) is 2.51. The van der Waals surface area contributed by atoms with Crippen molar-refractivity contribution >= 4 is 16.6 Å². The van der Waals surface area contributed by atoms with Gasteiger partial charge in [-0.3, -0.25) is 0 Å². The molecule has 0 saturated carbocycles. The molecule has 0 rings (SSSR count). The molecule has 2 nitrogen and oxygen atoms in total. The summed E-state index contributed by atoms with van der Waals surface area (Å²) in [6, 6.07) is 0. The standard InChI is InChI=1S/C23H44O2Si2/c1-13-15-17-23(18-16-14-2,19-24-26(9,10)21(3,4)5)20-25-27(11,12)22(6,7)8/h17-20H2,1-12H3. The molecule has 0 heterocycles. The van der Waals surface area contributed by atoms with Crippen LogP contribution in [0.4, 0.5) is 0 Å². The Kier molecular flexibility index (Phi) is 9.60. The first-order chi connectivity index (χ1) is 12.0. The quantitative estimate of drug-likeness (QED) is 0.323. The van der Waals surface area contributed by atoms with Crippen molar-refractivity contribution in [3.8, 4) is 23.7 Å². The van der Waals surface area contributed by atoms with E-state index in [1.54, 1.807) is 0 Å². The predicted molar refractivity (Wildman–Crippen MR) is 125 cm³/mol. The first-order valence-corrected chi connectivity index (χ1v) is 15.9. The number of hydrogen-bond acceptors (Lipinski definition) is 2. The minimum Gasteiger partial charge on any atom is -0.416 e. The maximum atomic E-state index is 6.64. The van der Waals surface area contributed by atoms with Gasteiger partial charge in [-0.1, -0.05) is 41.5 Å². The van der Waals surface area contributed by atoms with Crippen LogP contribution in [-0.2, 0) is 8.85 Å². The summed E-state index contributed by atoms with van der Waals surface area (Å²) < 4.78 is 13.3. The SMILES string of the molecule is CC#CCC(CC#CC)(CO[Si](C)(C)C(C)(C)C)CO[Si](C)(C)C(C)(C)C. The zero-order valence-corrected chi connectivity index (χ0v) is 22.1. The lowest BCUT2D eigenvalue weighted by molar-refractivity contribution is 0.0725. The lowest BCUT2D eigenvalue weighted by Crippen LogP contribution is -2.48. The first-order valence-electron chi connectivity index (χ1n) is 10.1. The highest BCUT2D eigenvalue weighted by Gasteiger charge is 2.43. The van der Waals surface area contributed by atoms with Crippen molar-refractivity contribution in [1.82, 2.24) is 0 Å².